The predicted molar refractivity (Wildman–Crippen MR) is 95.7 cm³/mol. The maximum Gasteiger partial charge on any atom is 0.255 e. The minimum absolute atomic E-state index is 0.265. The van der Waals surface area contributed by atoms with Gasteiger partial charge in [-0.3, -0.25) is 9.10 Å². The lowest BCUT2D eigenvalue weighted by molar-refractivity contribution is 0.628. The maximum absolute atomic E-state index is 13.6. The molecule has 0 saturated heterocycles. The number of fused-ring (bicyclic) bond motifs is 2. The summed E-state index contributed by atoms with van der Waals surface area (Å²) in [5.74, 6) is -0.397. The van der Waals surface area contributed by atoms with Crippen molar-refractivity contribution in [2.45, 2.75) is 11.3 Å². The van der Waals surface area contributed by atoms with Gasteiger partial charge in [-0.25, -0.2) is 8.60 Å². The molecule has 3 aromatic rings. The quantitative estimate of drug-likeness (QED) is 0.542. The lowest BCUT2D eigenvalue weighted by atomic mass is 10.2. The van der Waals surface area contributed by atoms with Crippen molar-refractivity contribution in [2.75, 3.05) is 10.8 Å². The summed E-state index contributed by atoms with van der Waals surface area (Å²) in [5, 5.41) is 0.971. The number of nitrogens with one attached hydrogen (secondary N) is 1. The van der Waals surface area contributed by atoms with Crippen LogP contribution in [0.3, 0.4) is 0 Å². The van der Waals surface area contributed by atoms with Gasteiger partial charge in [-0.2, -0.15) is 0 Å². The first-order valence-electron chi connectivity index (χ1n) is 7.45. The summed E-state index contributed by atoms with van der Waals surface area (Å²) in [6.45, 7) is 0.444. The second kappa shape index (κ2) is 5.43. The van der Waals surface area contributed by atoms with Crippen LogP contribution < -0.4 is 9.86 Å². The highest BCUT2D eigenvalue weighted by Gasteiger charge is 2.31. The van der Waals surface area contributed by atoms with Crippen LogP contribution in [0.5, 0.6) is 0 Å². The molecule has 0 unspecified atom stereocenters. The second-order valence-electron chi connectivity index (χ2n) is 5.69. The molecule has 0 amide bonds. The molecule has 4 nitrogen and oxygen atoms in total. The van der Waals surface area contributed by atoms with E-state index in [2.05, 4.69) is 4.98 Å². The Labute approximate surface area is 142 Å². The highest BCUT2D eigenvalue weighted by atomic mass is 35.7. The van der Waals surface area contributed by atoms with Crippen LogP contribution in [-0.2, 0) is 15.8 Å². The monoisotopic (exact) mass is 364 g/mol. The zero-order valence-corrected chi connectivity index (χ0v) is 14.2. The van der Waals surface area contributed by atoms with E-state index in [-0.39, 0.29) is 5.56 Å². The van der Waals surface area contributed by atoms with Gasteiger partial charge < -0.3 is 4.98 Å². The molecule has 0 radical (unpaired) electrons. The van der Waals surface area contributed by atoms with E-state index < -0.39 is 15.1 Å². The fraction of sp³-hybridized carbons (Fsp3) is 0.118. The number of hydrogen-bond donors (Lipinski definition) is 2. The highest BCUT2D eigenvalue weighted by molar-refractivity contribution is 8.24. The van der Waals surface area contributed by atoms with Gasteiger partial charge in [0.05, 0.1) is 19.9 Å². The van der Waals surface area contributed by atoms with Crippen molar-refractivity contribution in [1.29, 1.82) is 0 Å². The van der Waals surface area contributed by atoms with Crippen molar-refractivity contribution < 1.29 is 8.60 Å². The summed E-state index contributed by atoms with van der Waals surface area (Å²) in [4.78, 5) is 15.0. The van der Waals surface area contributed by atoms with Crippen LogP contribution in [0.15, 0.2) is 58.4 Å². The molecule has 1 aliphatic rings. The van der Waals surface area contributed by atoms with E-state index in [0.717, 1.165) is 5.56 Å². The van der Waals surface area contributed by atoms with E-state index in [4.69, 9.17) is 10.7 Å². The Bertz CT molecular complexity index is 1070. The molecule has 1 aromatic heterocycles. The third-order valence-corrected chi connectivity index (χ3v) is 7.43. The first kappa shape index (κ1) is 15.4. The van der Waals surface area contributed by atoms with E-state index in [1.165, 1.54) is 18.3 Å². The van der Waals surface area contributed by atoms with Crippen LogP contribution in [0.25, 0.3) is 10.8 Å². The van der Waals surface area contributed by atoms with Crippen molar-refractivity contribution in [3.05, 3.63) is 70.4 Å². The molecule has 1 N–H and O–H groups in total. The summed E-state index contributed by atoms with van der Waals surface area (Å²) in [6, 6.07) is 11.1. The Morgan fingerprint density at radius 1 is 1.17 bits per heavy atom. The number of anilines is 1. The largest absolute Gasteiger partial charge is 0.329 e. The minimum atomic E-state index is -3.52. The average molecular weight is 365 g/mol. The number of aromatic nitrogens is 1. The number of H-pyrrole nitrogens is 1. The summed E-state index contributed by atoms with van der Waals surface area (Å²) in [6.07, 6.45) is 2.15. The zero-order valence-electron chi connectivity index (χ0n) is 12.5. The van der Waals surface area contributed by atoms with Crippen molar-refractivity contribution >= 4 is 36.5 Å². The van der Waals surface area contributed by atoms with Gasteiger partial charge >= 0.3 is 0 Å². The molecule has 0 bridgehead atoms. The third-order valence-electron chi connectivity index (χ3n) is 4.32. The SMILES string of the molecule is O=c1[nH]ccc2c([SH](=O)(Cl)N3CCc4ccc(F)cc43)cccc12. The molecule has 0 fully saturated rings. The number of nitrogens with zero attached hydrogens (tertiary/aromatic N) is 1. The molecule has 124 valence electrons. The first-order valence-corrected chi connectivity index (χ1v) is 10.0. The van der Waals surface area contributed by atoms with Gasteiger partial charge in [-0.05, 0) is 53.0 Å². The third kappa shape index (κ3) is 2.25. The van der Waals surface area contributed by atoms with Crippen molar-refractivity contribution in [3.63, 3.8) is 0 Å². The van der Waals surface area contributed by atoms with Gasteiger partial charge in [0, 0.05) is 23.5 Å². The molecule has 0 aliphatic carbocycles. The van der Waals surface area contributed by atoms with Crippen LogP contribution in [0, 0.1) is 5.82 Å². The molecular formula is C17H14ClFN2O2S. The van der Waals surface area contributed by atoms with Gasteiger partial charge in [0.25, 0.3) is 5.56 Å². The zero-order chi connectivity index (χ0) is 16.9. The van der Waals surface area contributed by atoms with E-state index in [0.29, 0.717) is 34.3 Å². The second-order valence-corrected chi connectivity index (χ2v) is 9.04. The van der Waals surface area contributed by atoms with Crippen molar-refractivity contribution in [1.82, 2.24) is 4.98 Å². The molecule has 1 aliphatic heterocycles. The maximum atomic E-state index is 13.6. The fourth-order valence-corrected chi connectivity index (χ4v) is 5.93. The number of rotatable bonds is 2. The average Bonchev–Trinajstić information content (AvgIpc) is 2.98. The highest BCUT2D eigenvalue weighted by Crippen LogP contribution is 2.40. The summed E-state index contributed by atoms with van der Waals surface area (Å²) in [5.41, 5.74) is 1.20. The Hall–Kier alpha value is -2.18. The van der Waals surface area contributed by atoms with Gasteiger partial charge in [-0.1, -0.05) is 12.1 Å². The molecule has 7 heteroatoms. The summed E-state index contributed by atoms with van der Waals surface area (Å²) >= 11 is 0. The molecule has 0 atom stereocenters. The standard InChI is InChI=1S/C17H14ClFN2O2S/c18-24(23,21-9-7-11-4-5-12(19)10-15(11)21)16-3-1-2-14-13(16)6-8-20-17(14)22/h1-6,8,10,24H,7,9H2,(H,20,22). The number of benzene rings is 2. The predicted octanol–water partition coefficient (Wildman–Crippen LogP) is 3.17. The lowest BCUT2D eigenvalue weighted by Gasteiger charge is -2.31. The van der Waals surface area contributed by atoms with Crippen LogP contribution in [0.4, 0.5) is 10.1 Å². The first-order chi connectivity index (χ1) is 11.5. The van der Waals surface area contributed by atoms with Crippen LogP contribution in [0.2, 0.25) is 0 Å². The molecule has 0 spiro atoms. The van der Waals surface area contributed by atoms with E-state index in [9.17, 15) is 13.4 Å². The Morgan fingerprint density at radius 2 is 2.00 bits per heavy atom. The van der Waals surface area contributed by atoms with Gasteiger partial charge in [0.15, 0.2) is 0 Å². The van der Waals surface area contributed by atoms with E-state index in [1.807, 2.05) is 0 Å². The Balaban J connectivity index is 1.92. The number of pyridine rings is 1. The molecule has 4 rings (SSSR count). The van der Waals surface area contributed by atoms with E-state index in [1.54, 1.807) is 34.6 Å². The van der Waals surface area contributed by atoms with Gasteiger partial charge in [-0.15, -0.1) is 0 Å². The number of thiol groups is 1. The number of halogens is 2. The number of aromatic amines is 1. The Morgan fingerprint density at radius 3 is 2.83 bits per heavy atom. The van der Waals surface area contributed by atoms with Crippen LogP contribution in [-0.4, -0.2) is 15.7 Å². The van der Waals surface area contributed by atoms with Gasteiger partial charge in [0.2, 0.25) is 0 Å². The van der Waals surface area contributed by atoms with E-state index >= 15 is 0 Å². The normalized spacial score (nSPS) is 14.8. The van der Waals surface area contributed by atoms with Crippen molar-refractivity contribution in [2.24, 2.45) is 0 Å². The lowest BCUT2D eigenvalue weighted by Crippen LogP contribution is -2.31. The van der Waals surface area contributed by atoms with Gasteiger partial charge in [0.1, 0.15) is 5.82 Å². The van der Waals surface area contributed by atoms with Crippen LogP contribution in [0.1, 0.15) is 5.56 Å². The minimum Gasteiger partial charge on any atom is -0.329 e. The molecule has 0 saturated carbocycles. The molecular weight excluding hydrogens is 351 g/mol. The molecule has 2 aromatic carbocycles. The van der Waals surface area contributed by atoms with Crippen molar-refractivity contribution in [3.8, 4) is 0 Å². The topological polar surface area (TPSA) is 53.2 Å². The molecule has 24 heavy (non-hydrogen) atoms. The smallest absolute Gasteiger partial charge is 0.255 e. The summed E-state index contributed by atoms with van der Waals surface area (Å²) in [7, 11) is 3.00. The van der Waals surface area contributed by atoms with Crippen LogP contribution >= 0.6 is 10.7 Å². The summed E-state index contributed by atoms with van der Waals surface area (Å²) < 4.78 is 28.7. The fourth-order valence-electron chi connectivity index (χ4n) is 3.18. The Kier molecular flexibility index (Phi) is 3.47. The number of hydrogen-bond acceptors (Lipinski definition) is 2. The molecule has 2 heterocycles.